The molecule has 2 aliphatic heterocycles. The summed E-state index contributed by atoms with van der Waals surface area (Å²) in [7, 11) is -1.18. The molecule has 2 heterocycles. The summed E-state index contributed by atoms with van der Waals surface area (Å²) in [6.07, 6.45) is 12.0. The van der Waals surface area contributed by atoms with Crippen LogP contribution in [-0.2, 0) is 14.6 Å². The molecule has 25 heavy (non-hydrogen) atoms. The van der Waals surface area contributed by atoms with Gasteiger partial charge in [0, 0.05) is 36.9 Å². The van der Waals surface area contributed by atoms with Gasteiger partial charge in [0.25, 0.3) is 0 Å². The fraction of sp³-hybridized carbons (Fsp3) is 0.842. The van der Waals surface area contributed by atoms with Gasteiger partial charge in [0.05, 0.1) is 5.75 Å². The molecular formula is C19H32N2O3S. The molecule has 0 spiro atoms. The van der Waals surface area contributed by atoms with E-state index < -0.39 is 9.84 Å². The number of nitrogens with zero attached hydrogens (tertiary/aromatic N) is 2. The lowest BCUT2D eigenvalue weighted by molar-refractivity contribution is -0.133. The van der Waals surface area contributed by atoms with Crippen LogP contribution in [0.25, 0.3) is 0 Å². The molecule has 1 saturated heterocycles. The van der Waals surface area contributed by atoms with Gasteiger partial charge in [0.2, 0.25) is 5.91 Å². The first-order valence-electron chi connectivity index (χ1n) is 9.80. The molecule has 1 saturated carbocycles. The maximum absolute atomic E-state index is 12.7. The van der Waals surface area contributed by atoms with E-state index in [2.05, 4.69) is 4.90 Å². The zero-order chi connectivity index (χ0) is 17.9. The lowest BCUT2D eigenvalue weighted by Gasteiger charge is -2.50. The van der Waals surface area contributed by atoms with Gasteiger partial charge < -0.3 is 4.90 Å². The Morgan fingerprint density at radius 1 is 1.12 bits per heavy atom. The minimum absolute atomic E-state index is 0.0775. The zero-order valence-corrected chi connectivity index (χ0v) is 16.3. The highest BCUT2D eigenvalue weighted by Crippen LogP contribution is 2.36. The SMILES string of the molecule is CN(CC1(N2CCCCC2)CCCCC1)C(=O)CC1C=CS(=O)(=O)C1. The summed E-state index contributed by atoms with van der Waals surface area (Å²) >= 11 is 0. The molecule has 1 amide bonds. The first-order chi connectivity index (χ1) is 11.9. The molecule has 0 radical (unpaired) electrons. The average molecular weight is 369 g/mol. The van der Waals surface area contributed by atoms with Crippen molar-refractivity contribution in [3.63, 3.8) is 0 Å². The van der Waals surface area contributed by atoms with Crippen molar-refractivity contribution in [2.75, 3.05) is 32.4 Å². The summed E-state index contributed by atoms with van der Waals surface area (Å²) in [5.41, 5.74) is 0.140. The van der Waals surface area contributed by atoms with E-state index in [0.717, 1.165) is 19.6 Å². The fourth-order valence-corrected chi connectivity index (χ4v) is 6.23. The van der Waals surface area contributed by atoms with Crippen molar-refractivity contribution in [1.29, 1.82) is 0 Å². The third kappa shape index (κ3) is 4.64. The fourth-order valence-electron chi connectivity index (χ4n) is 4.83. The maximum atomic E-state index is 12.7. The summed E-state index contributed by atoms with van der Waals surface area (Å²) in [6, 6.07) is 0. The molecule has 1 unspecified atom stereocenters. The van der Waals surface area contributed by atoms with E-state index in [1.807, 2.05) is 11.9 Å². The van der Waals surface area contributed by atoms with Gasteiger partial charge in [-0.3, -0.25) is 9.69 Å². The number of sulfone groups is 1. The molecule has 142 valence electrons. The van der Waals surface area contributed by atoms with Gasteiger partial charge in [-0.2, -0.15) is 0 Å². The Labute approximate surface area is 152 Å². The molecule has 1 atom stereocenters. The van der Waals surface area contributed by atoms with Crippen LogP contribution in [0.3, 0.4) is 0 Å². The number of piperidine rings is 1. The second-order valence-corrected chi connectivity index (χ2v) is 10.1. The van der Waals surface area contributed by atoms with Crippen molar-refractivity contribution in [2.45, 2.75) is 63.3 Å². The summed E-state index contributed by atoms with van der Waals surface area (Å²) in [5, 5.41) is 1.27. The molecule has 0 aromatic rings. The van der Waals surface area contributed by atoms with Gasteiger partial charge >= 0.3 is 0 Å². The molecule has 3 rings (SSSR count). The number of hydrogen-bond donors (Lipinski definition) is 0. The Balaban J connectivity index is 1.62. The van der Waals surface area contributed by atoms with E-state index in [1.54, 1.807) is 6.08 Å². The zero-order valence-electron chi connectivity index (χ0n) is 15.5. The van der Waals surface area contributed by atoms with Crippen LogP contribution in [0.2, 0.25) is 0 Å². The van der Waals surface area contributed by atoms with Crippen molar-refractivity contribution in [2.24, 2.45) is 5.92 Å². The van der Waals surface area contributed by atoms with Crippen LogP contribution in [0, 0.1) is 5.92 Å². The topological polar surface area (TPSA) is 57.7 Å². The average Bonchev–Trinajstić information content (AvgIpc) is 2.95. The molecule has 5 nitrogen and oxygen atoms in total. The van der Waals surface area contributed by atoms with Gasteiger partial charge in [-0.1, -0.05) is 31.8 Å². The Morgan fingerprint density at radius 2 is 1.76 bits per heavy atom. The monoisotopic (exact) mass is 368 g/mol. The van der Waals surface area contributed by atoms with Gasteiger partial charge in [-0.15, -0.1) is 0 Å². The van der Waals surface area contributed by atoms with Gasteiger partial charge in [0.15, 0.2) is 9.84 Å². The van der Waals surface area contributed by atoms with Crippen LogP contribution < -0.4 is 0 Å². The third-order valence-electron chi connectivity index (χ3n) is 6.21. The number of rotatable bonds is 5. The van der Waals surface area contributed by atoms with Crippen LogP contribution in [0.15, 0.2) is 11.5 Å². The summed E-state index contributed by atoms with van der Waals surface area (Å²) in [4.78, 5) is 17.2. The van der Waals surface area contributed by atoms with Crippen LogP contribution in [0.1, 0.15) is 57.8 Å². The minimum Gasteiger partial charge on any atom is -0.344 e. The molecule has 1 aliphatic carbocycles. The second kappa shape index (κ2) is 7.78. The number of carbonyl (C=O) groups excluding carboxylic acids is 1. The van der Waals surface area contributed by atoms with Crippen molar-refractivity contribution < 1.29 is 13.2 Å². The van der Waals surface area contributed by atoms with Crippen molar-refractivity contribution in [1.82, 2.24) is 9.80 Å². The van der Waals surface area contributed by atoms with Gasteiger partial charge in [-0.05, 0) is 38.8 Å². The molecule has 0 N–H and O–H groups in total. The standard InChI is InChI=1S/C19H32N2O3S/c1-20(18(22)14-17-8-13-25(23,24)15-17)16-19(9-4-2-5-10-19)21-11-6-3-7-12-21/h8,13,17H,2-7,9-12,14-16H2,1H3. The van der Waals surface area contributed by atoms with E-state index in [-0.39, 0.29) is 23.1 Å². The summed E-state index contributed by atoms with van der Waals surface area (Å²) in [5.74, 6) is 0.00933. The van der Waals surface area contributed by atoms with Gasteiger partial charge in [-0.25, -0.2) is 8.42 Å². The maximum Gasteiger partial charge on any atom is 0.222 e. The number of carbonyl (C=O) groups is 1. The highest BCUT2D eigenvalue weighted by Gasteiger charge is 2.40. The molecule has 0 aromatic carbocycles. The minimum atomic E-state index is -3.08. The molecule has 0 bridgehead atoms. The number of allylic oxidation sites excluding steroid dienone is 1. The summed E-state index contributed by atoms with van der Waals surface area (Å²) < 4.78 is 23.1. The predicted octanol–water partition coefficient (Wildman–Crippen LogP) is 2.58. The Bertz CT molecular complexity index is 602. The normalized spacial score (nSPS) is 28.8. The number of hydrogen-bond acceptors (Lipinski definition) is 4. The highest BCUT2D eigenvalue weighted by molar-refractivity contribution is 7.94. The number of likely N-dealkylation sites (N-methyl/N-ethyl adjacent to an activating group) is 1. The van der Waals surface area contributed by atoms with E-state index in [1.165, 1.54) is 56.8 Å². The van der Waals surface area contributed by atoms with Crippen LogP contribution in [-0.4, -0.2) is 62.1 Å². The molecule has 3 aliphatic rings. The van der Waals surface area contributed by atoms with Crippen molar-refractivity contribution >= 4 is 15.7 Å². The van der Waals surface area contributed by atoms with Crippen LogP contribution in [0.5, 0.6) is 0 Å². The van der Waals surface area contributed by atoms with E-state index in [9.17, 15) is 13.2 Å². The first kappa shape index (κ1) is 18.9. The third-order valence-corrected chi connectivity index (χ3v) is 7.67. The number of amides is 1. The van der Waals surface area contributed by atoms with Gasteiger partial charge in [0.1, 0.15) is 0 Å². The van der Waals surface area contributed by atoms with E-state index in [0.29, 0.717) is 6.42 Å². The lowest BCUT2D eigenvalue weighted by Crippen LogP contribution is -2.58. The van der Waals surface area contributed by atoms with Crippen molar-refractivity contribution in [3.8, 4) is 0 Å². The molecule has 0 aromatic heterocycles. The summed E-state index contributed by atoms with van der Waals surface area (Å²) in [6.45, 7) is 3.10. The lowest BCUT2D eigenvalue weighted by atomic mass is 9.78. The molecule has 6 heteroatoms. The van der Waals surface area contributed by atoms with E-state index in [4.69, 9.17) is 0 Å². The Hall–Kier alpha value is -0.880. The van der Waals surface area contributed by atoms with Crippen molar-refractivity contribution in [3.05, 3.63) is 11.5 Å². The predicted molar refractivity (Wildman–Crippen MR) is 99.9 cm³/mol. The van der Waals surface area contributed by atoms with E-state index >= 15 is 0 Å². The largest absolute Gasteiger partial charge is 0.344 e. The first-order valence-corrected chi connectivity index (χ1v) is 11.5. The number of likely N-dealkylation sites (tertiary alicyclic amines) is 1. The molecule has 2 fully saturated rings. The Morgan fingerprint density at radius 3 is 2.36 bits per heavy atom. The smallest absolute Gasteiger partial charge is 0.222 e. The quantitative estimate of drug-likeness (QED) is 0.748. The van der Waals surface area contributed by atoms with Crippen LogP contribution in [0.4, 0.5) is 0 Å². The Kier molecular flexibility index (Phi) is 5.88. The van der Waals surface area contributed by atoms with Crippen LogP contribution >= 0.6 is 0 Å². The molecular weight excluding hydrogens is 336 g/mol. The second-order valence-electron chi connectivity index (χ2n) is 8.20. The highest BCUT2D eigenvalue weighted by atomic mass is 32.2.